The maximum Gasteiger partial charge on any atom is 0.175 e. The molecular formula is C15H25NO2S. The van der Waals surface area contributed by atoms with Crippen LogP contribution in [0.1, 0.15) is 45.1 Å². The molecule has 3 nitrogen and oxygen atoms in total. The Labute approximate surface area is 117 Å². The van der Waals surface area contributed by atoms with E-state index in [0.29, 0.717) is 10.9 Å². The molecule has 0 radical (unpaired) electrons. The molecule has 19 heavy (non-hydrogen) atoms. The van der Waals surface area contributed by atoms with Crippen molar-refractivity contribution in [3.63, 3.8) is 0 Å². The SMILES string of the molecule is CCCCC(CC)Nc1cc(S(C)(=O)=O)ccc1C. The molecule has 0 fully saturated rings. The Balaban J connectivity index is 2.93. The number of unbranched alkanes of at least 4 members (excludes halogenated alkanes) is 1. The van der Waals surface area contributed by atoms with Gasteiger partial charge in [0.2, 0.25) is 0 Å². The van der Waals surface area contributed by atoms with Crippen molar-refractivity contribution in [1.29, 1.82) is 0 Å². The lowest BCUT2D eigenvalue weighted by Crippen LogP contribution is -2.19. The normalized spacial score (nSPS) is 13.3. The van der Waals surface area contributed by atoms with E-state index in [0.717, 1.165) is 24.1 Å². The average molecular weight is 283 g/mol. The highest BCUT2D eigenvalue weighted by Gasteiger charge is 2.12. The van der Waals surface area contributed by atoms with E-state index in [-0.39, 0.29) is 0 Å². The molecule has 108 valence electrons. The zero-order valence-corrected chi connectivity index (χ0v) is 13.2. The highest BCUT2D eigenvalue weighted by Crippen LogP contribution is 2.22. The van der Waals surface area contributed by atoms with Crippen LogP contribution < -0.4 is 5.32 Å². The van der Waals surface area contributed by atoms with Crippen molar-refractivity contribution in [3.05, 3.63) is 23.8 Å². The third kappa shape index (κ3) is 4.86. The molecule has 0 spiro atoms. The lowest BCUT2D eigenvalue weighted by molar-refractivity contribution is 0.592. The number of anilines is 1. The van der Waals surface area contributed by atoms with Gasteiger partial charge in [-0.25, -0.2) is 8.42 Å². The molecule has 0 amide bonds. The van der Waals surface area contributed by atoms with E-state index in [9.17, 15) is 8.42 Å². The Bertz CT molecular complexity index is 509. The van der Waals surface area contributed by atoms with Crippen molar-refractivity contribution >= 4 is 15.5 Å². The standard InChI is InChI=1S/C15H25NO2S/c1-5-7-8-13(6-2)16-15-11-14(19(4,17)18)10-9-12(15)3/h9-11,13,16H,5-8H2,1-4H3. The van der Waals surface area contributed by atoms with Crippen LogP contribution in [0.3, 0.4) is 0 Å². The minimum Gasteiger partial charge on any atom is -0.382 e. The molecule has 0 aliphatic rings. The Hall–Kier alpha value is -1.03. The van der Waals surface area contributed by atoms with Gasteiger partial charge in [0, 0.05) is 18.0 Å². The Morgan fingerprint density at radius 3 is 2.47 bits per heavy atom. The molecule has 0 bridgehead atoms. The summed E-state index contributed by atoms with van der Waals surface area (Å²) in [5, 5.41) is 3.48. The monoisotopic (exact) mass is 283 g/mol. The molecule has 0 aromatic heterocycles. The van der Waals surface area contributed by atoms with Gasteiger partial charge in [0.05, 0.1) is 4.90 Å². The summed E-state index contributed by atoms with van der Waals surface area (Å²) in [5.41, 5.74) is 2.02. The van der Waals surface area contributed by atoms with Crippen LogP contribution in [0.5, 0.6) is 0 Å². The predicted octanol–water partition coefficient (Wildman–Crippen LogP) is 3.78. The first-order chi connectivity index (χ1) is 8.88. The second-order valence-corrected chi connectivity index (χ2v) is 7.16. The molecule has 0 saturated carbocycles. The molecule has 0 aliphatic carbocycles. The zero-order valence-electron chi connectivity index (χ0n) is 12.4. The predicted molar refractivity (Wildman–Crippen MR) is 81.5 cm³/mol. The number of benzene rings is 1. The van der Waals surface area contributed by atoms with Crippen molar-refractivity contribution in [2.75, 3.05) is 11.6 Å². The van der Waals surface area contributed by atoms with Gasteiger partial charge in [-0.05, 0) is 37.5 Å². The fraction of sp³-hybridized carbons (Fsp3) is 0.600. The van der Waals surface area contributed by atoms with E-state index in [1.165, 1.54) is 19.1 Å². The summed E-state index contributed by atoms with van der Waals surface area (Å²) in [6, 6.07) is 5.70. The first-order valence-corrected chi connectivity index (χ1v) is 8.84. The first-order valence-electron chi connectivity index (χ1n) is 6.95. The Morgan fingerprint density at radius 1 is 1.26 bits per heavy atom. The number of aryl methyl sites for hydroxylation is 1. The molecule has 1 N–H and O–H groups in total. The van der Waals surface area contributed by atoms with Crippen molar-refractivity contribution in [2.45, 2.75) is 57.4 Å². The molecule has 0 saturated heterocycles. The molecule has 1 rings (SSSR count). The van der Waals surface area contributed by atoms with Gasteiger partial charge in [0.1, 0.15) is 0 Å². The lowest BCUT2D eigenvalue weighted by Gasteiger charge is -2.20. The summed E-state index contributed by atoms with van der Waals surface area (Å²) in [6.45, 7) is 6.34. The highest BCUT2D eigenvalue weighted by atomic mass is 32.2. The summed E-state index contributed by atoms with van der Waals surface area (Å²) < 4.78 is 23.2. The summed E-state index contributed by atoms with van der Waals surface area (Å²) >= 11 is 0. The maximum absolute atomic E-state index is 11.6. The van der Waals surface area contributed by atoms with Crippen LogP contribution in [0.15, 0.2) is 23.1 Å². The third-order valence-corrected chi connectivity index (χ3v) is 4.51. The van der Waals surface area contributed by atoms with Crippen molar-refractivity contribution in [3.8, 4) is 0 Å². The van der Waals surface area contributed by atoms with Crippen molar-refractivity contribution in [1.82, 2.24) is 0 Å². The van der Waals surface area contributed by atoms with E-state index >= 15 is 0 Å². The number of rotatable bonds is 7. The van der Waals surface area contributed by atoms with Crippen LogP contribution in [0.2, 0.25) is 0 Å². The minimum absolute atomic E-state index is 0.381. The second-order valence-electron chi connectivity index (χ2n) is 5.14. The van der Waals surface area contributed by atoms with Crippen LogP contribution in [0, 0.1) is 6.92 Å². The summed E-state index contributed by atoms with van der Waals surface area (Å²) in [5.74, 6) is 0. The van der Waals surface area contributed by atoms with Crippen LogP contribution in [-0.4, -0.2) is 20.7 Å². The minimum atomic E-state index is -3.14. The summed E-state index contributed by atoms with van der Waals surface area (Å²) in [7, 11) is -3.14. The maximum atomic E-state index is 11.6. The van der Waals surface area contributed by atoms with E-state index in [1.54, 1.807) is 12.1 Å². The van der Waals surface area contributed by atoms with Crippen LogP contribution in [-0.2, 0) is 9.84 Å². The van der Waals surface area contributed by atoms with Gasteiger partial charge in [0.25, 0.3) is 0 Å². The second kappa shape index (κ2) is 6.94. The average Bonchev–Trinajstić information content (AvgIpc) is 2.35. The zero-order chi connectivity index (χ0) is 14.5. The van der Waals surface area contributed by atoms with Crippen molar-refractivity contribution in [2.24, 2.45) is 0 Å². The smallest absolute Gasteiger partial charge is 0.175 e. The number of hydrogen-bond acceptors (Lipinski definition) is 3. The molecule has 0 aliphatic heterocycles. The molecule has 1 aromatic rings. The van der Waals surface area contributed by atoms with E-state index in [1.807, 2.05) is 13.0 Å². The molecule has 0 heterocycles. The van der Waals surface area contributed by atoms with Crippen LogP contribution in [0.25, 0.3) is 0 Å². The highest BCUT2D eigenvalue weighted by molar-refractivity contribution is 7.90. The van der Waals surface area contributed by atoms with Gasteiger partial charge in [0.15, 0.2) is 9.84 Å². The third-order valence-electron chi connectivity index (χ3n) is 3.40. The quantitative estimate of drug-likeness (QED) is 0.828. The molecule has 1 aromatic carbocycles. The van der Waals surface area contributed by atoms with E-state index in [4.69, 9.17) is 0 Å². The summed E-state index contributed by atoms with van der Waals surface area (Å²) in [4.78, 5) is 0.381. The van der Waals surface area contributed by atoms with Gasteiger partial charge in [-0.2, -0.15) is 0 Å². The topological polar surface area (TPSA) is 46.2 Å². The van der Waals surface area contributed by atoms with Gasteiger partial charge in [-0.15, -0.1) is 0 Å². The number of sulfone groups is 1. The van der Waals surface area contributed by atoms with Crippen LogP contribution >= 0.6 is 0 Å². The number of hydrogen-bond donors (Lipinski definition) is 1. The Kier molecular flexibility index (Phi) is 5.85. The largest absolute Gasteiger partial charge is 0.382 e. The molecule has 1 atom stereocenters. The van der Waals surface area contributed by atoms with E-state index < -0.39 is 9.84 Å². The molecule has 4 heteroatoms. The molecule has 1 unspecified atom stereocenters. The van der Waals surface area contributed by atoms with Gasteiger partial charge >= 0.3 is 0 Å². The van der Waals surface area contributed by atoms with Crippen molar-refractivity contribution < 1.29 is 8.42 Å². The number of nitrogens with one attached hydrogen (secondary N) is 1. The Morgan fingerprint density at radius 2 is 1.95 bits per heavy atom. The summed E-state index contributed by atoms with van der Waals surface area (Å²) in [6.07, 6.45) is 5.78. The van der Waals surface area contributed by atoms with E-state index in [2.05, 4.69) is 19.2 Å². The van der Waals surface area contributed by atoms with Gasteiger partial charge in [-0.3, -0.25) is 0 Å². The molecular weight excluding hydrogens is 258 g/mol. The lowest BCUT2D eigenvalue weighted by atomic mass is 10.1. The fourth-order valence-electron chi connectivity index (χ4n) is 2.04. The van der Waals surface area contributed by atoms with Gasteiger partial charge < -0.3 is 5.32 Å². The fourth-order valence-corrected chi connectivity index (χ4v) is 2.68. The van der Waals surface area contributed by atoms with Gasteiger partial charge in [-0.1, -0.05) is 32.8 Å². The van der Waals surface area contributed by atoms with Crippen LogP contribution in [0.4, 0.5) is 5.69 Å². The first kappa shape index (κ1) is 16.0.